The molecule has 1 aliphatic carbocycles. The molecule has 78 valence electrons. The van der Waals surface area contributed by atoms with Gasteiger partial charge in [0.2, 0.25) is 0 Å². The van der Waals surface area contributed by atoms with Gasteiger partial charge in [0, 0.05) is 0 Å². The molecule has 13 heavy (non-hydrogen) atoms. The lowest BCUT2D eigenvalue weighted by Crippen LogP contribution is -2.17. The minimum absolute atomic E-state index is 0.00709. The zero-order valence-corrected chi connectivity index (χ0v) is 9.34. The average Bonchev–Trinajstić information content (AvgIpc) is 2.48. The summed E-state index contributed by atoms with van der Waals surface area (Å²) in [5.74, 6) is 0.603. The van der Waals surface area contributed by atoms with Gasteiger partial charge in [-0.15, -0.1) is 0 Å². The van der Waals surface area contributed by atoms with Crippen LogP contribution >= 0.6 is 0 Å². The fourth-order valence-electron chi connectivity index (χ4n) is 2.11. The zero-order valence-electron chi connectivity index (χ0n) is 9.34. The van der Waals surface area contributed by atoms with E-state index in [2.05, 4.69) is 20.8 Å². The molecule has 0 aliphatic heterocycles. The molecule has 0 saturated heterocycles. The van der Waals surface area contributed by atoms with Gasteiger partial charge >= 0.3 is 0 Å². The highest BCUT2D eigenvalue weighted by Gasteiger charge is 2.26. The summed E-state index contributed by atoms with van der Waals surface area (Å²) in [6.45, 7) is 6.91. The predicted octanol–water partition coefficient (Wildman–Crippen LogP) is 3.36. The van der Waals surface area contributed by atoms with Gasteiger partial charge in [0.05, 0.1) is 6.10 Å². The van der Waals surface area contributed by atoms with Crippen molar-refractivity contribution in [2.45, 2.75) is 65.4 Å². The minimum Gasteiger partial charge on any atom is -0.393 e. The summed E-state index contributed by atoms with van der Waals surface area (Å²) in [6, 6.07) is 0. The zero-order chi connectivity index (χ0) is 9.90. The molecule has 1 heteroatoms. The summed E-state index contributed by atoms with van der Waals surface area (Å²) in [7, 11) is 0. The Bertz CT molecular complexity index is 151. The monoisotopic (exact) mass is 184 g/mol. The van der Waals surface area contributed by atoms with Crippen LogP contribution in [0.5, 0.6) is 0 Å². The molecular weight excluding hydrogens is 160 g/mol. The Hall–Kier alpha value is -0.0400. The molecule has 0 aromatic heterocycles. The van der Waals surface area contributed by atoms with Crippen molar-refractivity contribution >= 4 is 0 Å². The highest BCUT2D eigenvalue weighted by atomic mass is 16.3. The van der Waals surface area contributed by atoms with E-state index in [1.165, 1.54) is 32.1 Å². The molecule has 0 bridgehead atoms. The van der Waals surface area contributed by atoms with Crippen molar-refractivity contribution in [1.82, 2.24) is 0 Å². The van der Waals surface area contributed by atoms with Gasteiger partial charge in [-0.3, -0.25) is 0 Å². The fourth-order valence-corrected chi connectivity index (χ4v) is 2.11. The van der Waals surface area contributed by atoms with Gasteiger partial charge in [0.1, 0.15) is 0 Å². The van der Waals surface area contributed by atoms with Crippen molar-refractivity contribution < 1.29 is 5.11 Å². The van der Waals surface area contributed by atoms with Crippen LogP contribution in [0.1, 0.15) is 59.3 Å². The second-order valence-corrected chi connectivity index (χ2v) is 5.31. The Morgan fingerprint density at radius 3 is 2.46 bits per heavy atom. The molecule has 1 rings (SSSR count). The van der Waals surface area contributed by atoms with Crippen molar-refractivity contribution in [2.24, 2.45) is 11.3 Å². The Morgan fingerprint density at radius 1 is 1.31 bits per heavy atom. The number of hydrogen-bond donors (Lipinski definition) is 1. The molecule has 1 nitrogen and oxygen atoms in total. The third-order valence-electron chi connectivity index (χ3n) is 3.77. The van der Waals surface area contributed by atoms with Crippen LogP contribution in [0.25, 0.3) is 0 Å². The van der Waals surface area contributed by atoms with Crippen molar-refractivity contribution in [3.63, 3.8) is 0 Å². The van der Waals surface area contributed by atoms with E-state index in [4.69, 9.17) is 0 Å². The molecule has 0 aromatic carbocycles. The molecule has 1 aliphatic rings. The minimum atomic E-state index is 0.00709. The summed E-state index contributed by atoms with van der Waals surface area (Å²) in [4.78, 5) is 0. The van der Waals surface area contributed by atoms with E-state index in [9.17, 15) is 5.11 Å². The van der Waals surface area contributed by atoms with Crippen LogP contribution in [0, 0.1) is 11.3 Å². The van der Waals surface area contributed by atoms with Crippen LogP contribution in [0.3, 0.4) is 0 Å². The molecule has 1 N–H and O–H groups in total. The fraction of sp³-hybridized carbons (Fsp3) is 1.00. The van der Waals surface area contributed by atoms with E-state index >= 15 is 0 Å². The lowest BCUT2D eigenvalue weighted by atomic mass is 9.82. The third-order valence-corrected chi connectivity index (χ3v) is 3.77. The first-order chi connectivity index (χ1) is 6.05. The lowest BCUT2D eigenvalue weighted by Gasteiger charge is -2.25. The van der Waals surface area contributed by atoms with E-state index in [0.29, 0.717) is 11.3 Å². The molecule has 0 spiro atoms. The second-order valence-electron chi connectivity index (χ2n) is 5.31. The molecule has 0 radical (unpaired) electrons. The van der Waals surface area contributed by atoms with Crippen LogP contribution in [-0.2, 0) is 0 Å². The number of aliphatic hydroxyl groups excluding tert-OH is 1. The van der Waals surface area contributed by atoms with Gasteiger partial charge in [0.15, 0.2) is 0 Å². The molecule has 0 heterocycles. The van der Waals surface area contributed by atoms with E-state index in [-0.39, 0.29) is 6.10 Å². The summed E-state index contributed by atoms with van der Waals surface area (Å²) in [5, 5.41) is 9.66. The quantitative estimate of drug-likeness (QED) is 0.710. The smallest absolute Gasteiger partial charge is 0.0568 e. The van der Waals surface area contributed by atoms with Crippen LogP contribution in [-0.4, -0.2) is 11.2 Å². The first kappa shape index (κ1) is 11.0. The highest BCUT2D eigenvalue weighted by Crippen LogP contribution is 2.34. The van der Waals surface area contributed by atoms with Gasteiger partial charge in [-0.25, -0.2) is 0 Å². The maximum Gasteiger partial charge on any atom is 0.0568 e. The molecule has 0 aromatic rings. The standard InChI is InChI=1S/C12H24O/c1-4-12(2,3)9-8-10-6-5-7-11(10)13/h10-11,13H,4-9H2,1-3H3/t10-,11+/m0/s1. The normalized spacial score (nSPS) is 29.5. The van der Waals surface area contributed by atoms with Crippen LogP contribution in [0.15, 0.2) is 0 Å². The van der Waals surface area contributed by atoms with Gasteiger partial charge in [-0.1, -0.05) is 33.6 Å². The van der Waals surface area contributed by atoms with E-state index < -0.39 is 0 Å². The summed E-state index contributed by atoms with van der Waals surface area (Å²) < 4.78 is 0. The van der Waals surface area contributed by atoms with Crippen LogP contribution in [0.4, 0.5) is 0 Å². The van der Waals surface area contributed by atoms with E-state index in [1.54, 1.807) is 0 Å². The predicted molar refractivity (Wildman–Crippen MR) is 56.7 cm³/mol. The second kappa shape index (κ2) is 4.45. The number of hydrogen-bond acceptors (Lipinski definition) is 1. The van der Waals surface area contributed by atoms with Crippen LogP contribution in [0.2, 0.25) is 0 Å². The molecule has 0 amide bonds. The molecule has 2 atom stereocenters. The Morgan fingerprint density at radius 2 is 2.00 bits per heavy atom. The van der Waals surface area contributed by atoms with Gasteiger partial charge in [-0.2, -0.15) is 0 Å². The molecule has 0 unspecified atom stereocenters. The lowest BCUT2D eigenvalue weighted by molar-refractivity contribution is 0.118. The van der Waals surface area contributed by atoms with Crippen molar-refractivity contribution in [3.8, 4) is 0 Å². The Balaban J connectivity index is 2.25. The first-order valence-electron chi connectivity index (χ1n) is 5.73. The molecular formula is C12H24O. The number of aliphatic hydroxyl groups is 1. The SMILES string of the molecule is CCC(C)(C)CC[C@@H]1CCC[C@H]1O. The Kier molecular flexibility index (Phi) is 3.78. The van der Waals surface area contributed by atoms with Crippen LogP contribution < -0.4 is 0 Å². The van der Waals surface area contributed by atoms with Gasteiger partial charge < -0.3 is 5.11 Å². The largest absolute Gasteiger partial charge is 0.393 e. The Labute approximate surface area is 82.5 Å². The van der Waals surface area contributed by atoms with E-state index in [0.717, 1.165) is 6.42 Å². The van der Waals surface area contributed by atoms with Gasteiger partial charge in [-0.05, 0) is 37.0 Å². The summed E-state index contributed by atoms with van der Waals surface area (Å²) >= 11 is 0. The number of rotatable bonds is 4. The van der Waals surface area contributed by atoms with Crippen molar-refractivity contribution in [3.05, 3.63) is 0 Å². The average molecular weight is 184 g/mol. The summed E-state index contributed by atoms with van der Waals surface area (Å²) in [5.41, 5.74) is 0.475. The molecule has 1 fully saturated rings. The van der Waals surface area contributed by atoms with Crippen molar-refractivity contribution in [1.29, 1.82) is 0 Å². The summed E-state index contributed by atoms with van der Waals surface area (Å²) in [6.07, 6.45) is 7.27. The van der Waals surface area contributed by atoms with Gasteiger partial charge in [0.25, 0.3) is 0 Å². The maximum absolute atomic E-state index is 9.66. The maximum atomic E-state index is 9.66. The third kappa shape index (κ3) is 3.30. The topological polar surface area (TPSA) is 20.2 Å². The van der Waals surface area contributed by atoms with Crippen molar-refractivity contribution in [2.75, 3.05) is 0 Å². The highest BCUT2D eigenvalue weighted by molar-refractivity contribution is 4.78. The first-order valence-corrected chi connectivity index (χ1v) is 5.73. The molecule has 1 saturated carbocycles. The van der Waals surface area contributed by atoms with E-state index in [1.807, 2.05) is 0 Å².